The molecule has 1 fully saturated rings. The molecule has 1 aliphatic rings. The van der Waals surface area contributed by atoms with Gasteiger partial charge in [0.1, 0.15) is 5.75 Å². The molecule has 27 heavy (non-hydrogen) atoms. The summed E-state index contributed by atoms with van der Waals surface area (Å²) in [4.78, 5) is 16.9. The van der Waals surface area contributed by atoms with E-state index in [0.717, 1.165) is 43.2 Å². The second-order valence-electron chi connectivity index (χ2n) is 6.81. The number of benzene rings is 2. The molecule has 3 rings (SSSR count). The number of ether oxygens (including phenoxy) is 1. The number of hydrogen-bond acceptors (Lipinski definition) is 4. The molecule has 1 atom stereocenters. The number of methoxy groups -OCH3 is 1. The van der Waals surface area contributed by atoms with E-state index in [4.69, 9.17) is 16.3 Å². The number of amides is 1. The normalized spacial score (nSPS) is 16.0. The van der Waals surface area contributed by atoms with E-state index in [1.807, 2.05) is 43.3 Å². The van der Waals surface area contributed by atoms with Gasteiger partial charge < -0.3 is 15.0 Å². The Hall–Kier alpha value is -2.24. The highest BCUT2D eigenvalue weighted by atomic mass is 35.5. The molecule has 5 nitrogen and oxygen atoms in total. The van der Waals surface area contributed by atoms with Crippen LogP contribution < -0.4 is 15.0 Å². The number of carbonyl (C=O) groups excluding carboxylic acids is 1. The summed E-state index contributed by atoms with van der Waals surface area (Å²) in [7, 11) is 1.68. The standard InChI is InChI=1S/C21H26ClN3O2/c1-16(17-6-8-18(22)9-7-17)23-21(26)15-24-10-12-25(13-11-24)19-4-3-5-20(14-19)27-2/h3-9,14,16H,10-13,15H2,1-2H3,(H,23,26)/t16-/m1/s1. The molecule has 144 valence electrons. The van der Waals surface area contributed by atoms with Crippen LogP contribution in [0.4, 0.5) is 5.69 Å². The number of rotatable bonds is 6. The zero-order chi connectivity index (χ0) is 19.2. The van der Waals surface area contributed by atoms with Crippen LogP contribution in [0.2, 0.25) is 5.02 Å². The largest absolute Gasteiger partial charge is 0.497 e. The van der Waals surface area contributed by atoms with Gasteiger partial charge in [-0.05, 0) is 36.8 Å². The second-order valence-corrected chi connectivity index (χ2v) is 7.24. The van der Waals surface area contributed by atoms with E-state index in [1.54, 1.807) is 7.11 Å². The van der Waals surface area contributed by atoms with Gasteiger partial charge in [-0.25, -0.2) is 0 Å². The zero-order valence-electron chi connectivity index (χ0n) is 15.8. The van der Waals surface area contributed by atoms with Crippen molar-refractivity contribution < 1.29 is 9.53 Å². The lowest BCUT2D eigenvalue weighted by molar-refractivity contribution is -0.123. The van der Waals surface area contributed by atoms with Gasteiger partial charge in [0.15, 0.2) is 0 Å². The smallest absolute Gasteiger partial charge is 0.234 e. The molecule has 0 radical (unpaired) electrons. The molecule has 1 amide bonds. The minimum Gasteiger partial charge on any atom is -0.497 e. The topological polar surface area (TPSA) is 44.8 Å². The summed E-state index contributed by atoms with van der Waals surface area (Å²) < 4.78 is 5.30. The van der Waals surface area contributed by atoms with E-state index in [2.05, 4.69) is 27.2 Å². The minimum atomic E-state index is -0.0344. The monoisotopic (exact) mass is 387 g/mol. The van der Waals surface area contributed by atoms with Crippen LogP contribution in [-0.2, 0) is 4.79 Å². The van der Waals surface area contributed by atoms with E-state index >= 15 is 0 Å². The van der Waals surface area contributed by atoms with Crippen LogP contribution in [0.15, 0.2) is 48.5 Å². The van der Waals surface area contributed by atoms with E-state index in [9.17, 15) is 4.79 Å². The molecule has 0 aliphatic carbocycles. The van der Waals surface area contributed by atoms with Crippen LogP contribution in [0, 0.1) is 0 Å². The number of hydrogen-bond donors (Lipinski definition) is 1. The molecule has 0 unspecified atom stereocenters. The minimum absolute atomic E-state index is 0.0344. The van der Waals surface area contributed by atoms with Crippen molar-refractivity contribution in [1.29, 1.82) is 0 Å². The first-order chi connectivity index (χ1) is 13.0. The molecular formula is C21H26ClN3O2. The van der Waals surface area contributed by atoms with Crippen LogP contribution in [0.3, 0.4) is 0 Å². The second kappa shape index (κ2) is 9.11. The molecule has 2 aromatic carbocycles. The molecule has 0 saturated carbocycles. The molecule has 0 bridgehead atoms. The van der Waals surface area contributed by atoms with Crippen LogP contribution in [0.25, 0.3) is 0 Å². The maximum Gasteiger partial charge on any atom is 0.234 e. The van der Waals surface area contributed by atoms with Crippen molar-refractivity contribution in [3.63, 3.8) is 0 Å². The SMILES string of the molecule is COc1cccc(N2CCN(CC(=O)N[C@H](C)c3ccc(Cl)cc3)CC2)c1. The van der Waals surface area contributed by atoms with Gasteiger partial charge >= 0.3 is 0 Å². The van der Waals surface area contributed by atoms with Crippen molar-refractivity contribution in [3.05, 3.63) is 59.1 Å². The summed E-state index contributed by atoms with van der Waals surface area (Å²) in [6.07, 6.45) is 0. The number of halogens is 1. The van der Waals surface area contributed by atoms with Gasteiger partial charge in [0, 0.05) is 43.0 Å². The summed E-state index contributed by atoms with van der Waals surface area (Å²) in [5, 5.41) is 3.77. The average Bonchev–Trinajstić information content (AvgIpc) is 2.69. The van der Waals surface area contributed by atoms with Gasteiger partial charge in [-0.15, -0.1) is 0 Å². The first-order valence-corrected chi connectivity index (χ1v) is 9.59. The van der Waals surface area contributed by atoms with Crippen LogP contribution >= 0.6 is 11.6 Å². The first-order valence-electron chi connectivity index (χ1n) is 9.21. The zero-order valence-corrected chi connectivity index (χ0v) is 16.6. The molecule has 6 heteroatoms. The number of anilines is 1. The lowest BCUT2D eigenvalue weighted by Gasteiger charge is -2.36. The van der Waals surface area contributed by atoms with E-state index in [-0.39, 0.29) is 11.9 Å². The third-order valence-electron chi connectivity index (χ3n) is 4.91. The highest BCUT2D eigenvalue weighted by Gasteiger charge is 2.20. The van der Waals surface area contributed by atoms with Crippen molar-refractivity contribution >= 4 is 23.2 Å². The lowest BCUT2D eigenvalue weighted by atomic mass is 10.1. The van der Waals surface area contributed by atoms with Gasteiger partial charge in [-0.3, -0.25) is 9.69 Å². The predicted molar refractivity (Wildman–Crippen MR) is 110 cm³/mol. The number of carbonyl (C=O) groups is 1. The molecule has 0 aromatic heterocycles. The highest BCUT2D eigenvalue weighted by molar-refractivity contribution is 6.30. The van der Waals surface area contributed by atoms with Gasteiger partial charge in [-0.2, -0.15) is 0 Å². The fourth-order valence-corrected chi connectivity index (χ4v) is 3.42. The predicted octanol–water partition coefficient (Wildman–Crippen LogP) is 3.35. The molecule has 0 spiro atoms. The third kappa shape index (κ3) is 5.37. The molecular weight excluding hydrogens is 362 g/mol. The average molecular weight is 388 g/mol. The van der Waals surface area contributed by atoms with Gasteiger partial charge in [0.05, 0.1) is 19.7 Å². The molecule has 1 saturated heterocycles. The first kappa shape index (κ1) is 19.5. The van der Waals surface area contributed by atoms with Crippen molar-refractivity contribution in [2.45, 2.75) is 13.0 Å². The summed E-state index contributed by atoms with van der Waals surface area (Å²) in [5.41, 5.74) is 2.21. The number of piperazine rings is 1. The van der Waals surface area contributed by atoms with E-state index in [1.165, 1.54) is 0 Å². The van der Waals surface area contributed by atoms with Gasteiger partial charge in [0.25, 0.3) is 0 Å². The fourth-order valence-electron chi connectivity index (χ4n) is 3.30. The van der Waals surface area contributed by atoms with Gasteiger partial charge in [-0.1, -0.05) is 29.8 Å². The Kier molecular flexibility index (Phi) is 6.58. The lowest BCUT2D eigenvalue weighted by Crippen LogP contribution is -2.49. The molecule has 1 N–H and O–H groups in total. The summed E-state index contributed by atoms with van der Waals surface area (Å²) in [6.45, 7) is 5.92. The Morgan fingerprint density at radius 2 is 1.85 bits per heavy atom. The van der Waals surface area contributed by atoms with Crippen LogP contribution in [-0.4, -0.2) is 50.6 Å². The summed E-state index contributed by atoms with van der Waals surface area (Å²) in [6, 6.07) is 15.6. The quantitative estimate of drug-likeness (QED) is 0.825. The van der Waals surface area contributed by atoms with E-state index in [0.29, 0.717) is 11.6 Å². The Bertz CT molecular complexity index is 758. The molecule has 1 heterocycles. The molecule has 2 aromatic rings. The maximum absolute atomic E-state index is 12.4. The number of nitrogens with one attached hydrogen (secondary N) is 1. The van der Waals surface area contributed by atoms with Crippen molar-refractivity contribution in [2.75, 3.05) is 44.7 Å². The van der Waals surface area contributed by atoms with E-state index < -0.39 is 0 Å². The van der Waals surface area contributed by atoms with Crippen LogP contribution in [0.1, 0.15) is 18.5 Å². The highest BCUT2D eigenvalue weighted by Crippen LogP contribution is 2.22. The Balaban J connectivity index is 1.47. The maximum atomic E-state index is 12.4. The van der Waals surface area contributed by atoms with Crippen LogP contribution in [0.5, 0.6) is 5.75 Å². The van der Waals surface area contributed by atoms with Crippen molar-refractivity contribution in [2.24, 2.45) is 0 Å². The Labute approximate surface area is 165 Å². The number of nitrogens with zero attached hydrogens (tertiary/aromatic N) is 2. The Morgan fingerprint density at radius 1 is 1.15 bits per heavy atom. The Morgan fingerprint density at radius 3 is 2.52 bits per heavy atom. The molecule has 1 aliphatic heterocycles. The van der Waals surface area contributed by atoms with Gasteiger partial charge in [0.2, 0.25) is 5.91 Å². The fraction of sp³-hybridized carbons (Fsp3) is 0.381. The summed E-state index contributed by atoms with van der Waals surface area (Å²) in [5.74, 6) is 0.915. The van der Waals surface area contributed by atoms with Crippen molar-refractivity contribution in [3.8, 4) is 5.75 Å². The summed E-state index contributed by atoms with van der Waals surface area (Å²) >= 11 is 5.92. The third-order valence-corrected chi connectivity index (χ3v) is 5.16. The van der Waals surface area contributed by atoms with Crippen molar-refractivity contribution in [1.82, 2.24) is 10.2 Å².